The maximum atomic E-state index is 12.6. The van der Waals surface area contributed by atoms with Crippen molar-refractivity contribution in [2.24, 2.45) is 7.05 Å². The topological polar surface area (TPSA) is 75.9 Å². The van der Waals surface area contributed by atoms with Gasteiger partial charge in [0.1, 0.15) is 0 Å². The van der Waals surface area contributed by atoms with Crippen LogP contribution < -0.4 is 5.32 Å². The zero-order valence-corrected chi connectivity index (χ0v) is 15.3. The van der Waals surface area contributed by atoms with Crippen LogP contribution in [0.4, 0.5) is 0 Å². The number of benzene rings is 1. The number of carbonyl (C=O) groups excluding carboxylic acids is 1. The van der Waals surface area contributed by atoms with E-state index < -0.39 is 0 Å². The van der Waals surface area contributed by atoms with Gasteiger partial charge in [0.25, 0.3) is 0 Å². The predicted molar refractivity (Wildman–Crippen MR) is 97.0 cm³/mol. The van der Waals surface area contributed by atoms with E-state index >= 15 is 0 Å². The van der Waals surface area contributed by atoms with Gasteiger partial charge in [-0.3, -0.25) is 9.69 Å². The van der Waals surface area contributed by atoms with Crippen molar-refractivity contribution in [2.75, 3.05) is 18.8 Å². The largest absolute Gasteiger partial charge is 0.354 e. The summed E-state index contributed by atoms with van der Waals surface area (Å²) in [5.41, 5.74) is 1.26. The highest BCUT2D eigenvalue weighted by Gasteiger charge is 2.28. The molecule has 134 valence electrons. The van der Waals surface area contributed by atoms with E-state index in [0.717, 1.165) is 43.3 Å². The van der Waals surface area contributed by atoms with E-state index in [1.807, 2.05) is 25.2 Å². The van der Waals surface area contributed by atoms with E-state index in [1.54, 1.807) is 16.4 Å². The number of aryl methyl sites for hydroxylation is 1. The summed E-state index contributed by atoms with van der Waals surface area (Å²) in [4.78, 5) is 14.9. The van der Waals surface area contributed by atoms with Gasteiger partial charge in [0.2, 0.25) is 11.1 Å². The van der Waals surface area contributed by atoms with Crippen molar-refractivity contribution in [2.45, 2.75) is 37.0 Å². The Hall–Kier alpha value is -1.93. The van der Waals surface area contributed by atoms with Gasteiger partial charge in [-0.05, 0) is 35.4 Å². The van der Waals surface area contributed by atoms with Crippen LogP contribution in [-0.2, 0) is 18.4 Å². The molecule has 0 saturated carbocycles. The van der Waals surface area contributed by atoms with E-state index in [4.69, 9.17) is 0 Å². The van der Waals surface area contributed by atoms with Crippen molar-refractivity contribution in [3.8, 4) is 0 Å². The van der Waals surface area contributed by atoms with Crippen molar-refractivity contribution in [1.29, 1.82) is 0 Å². The number of hydrogen-bond donors (Lipinski definition) is 1. The highest BCUT2D eigenvalue weighted by Crippen LogP contribution is 2.20. The van der Waals surface area contributed by atoms with Gasteiger partial charge in [0.05, 0.1) is 6.04 Å². The first-order valence-electron chi connectivity index (χ1n) is 8.65. The zero-order valence-electron chi connectivity index (χ0n) is 14.5. The second-order valence-corrected chi connectivity index (χ2v) is 7.25. The van der Waals surface area contributed by atoms with Gasteiger partial charge in [-0.15, -0.1) is 5.10 Å². The van der Waals surface area contributed by atoms with E-state index in [9.17, 15) is 4.79 Å². The Balaban J connectivity index is 1.48. The van der Waals surface area contributed by atoms with Crippen LogP contribution in [0.15, 0.2) is 35.5 Å². The fraction of sp³-hybridized carbons (Fsp3) is 0.529. The summed E-state index contributed by atoms with van der Waals surface area (Å²) in [6.07, 6.45) is 3.20. The molecule has 0 radical (unpaired) electrons. The number of aromatic nitrogens is 4. The third-order valence-corrected chi connectivity index (χ3v) is 5.37. The number of thioether (sulfide) groups is 1. The average Bonchev–Trinajstić information content (AvgIpc) is 3.05. The minimum Gasteiger partial charge on any atom is -0.354 e. The molecule has 0 bridgehead atoms. The summed E-state index contributed by atoms with van der Waals surface area (Å²) >= 11 is 1.54. The molecule has 7 nitrogen and oxygen atoms in total. The number of piperidine rings is 1. The molecule has 25 heavy (non-hydrogen) atoms. The van der Waals surface area contributed by atoms with Gasteiger partial charge in [-0.2, -0.15) is 0 Å². The van der Waals surface area contributed by atoms with Crippen LogP contribution in [0.25, 0.3) is 0 Å². The molecule has 2 heterocycles. The lowest BCUT2D eigenvalue weighted by molar-refractivity contribution is -0.127. The molecule has 1 aliphatic rings. The number of carbonyl (C=O) groups is 1. The van der Waals surface area contributed by atoms with E-state index in [0.29, 0.717) is 6.54 Å². The SMILES string of the molecule is Cn1nnnc1SCCNC(=O)[C@H]1CCCCN1Cc1ccccc1. The van der Waals surface area contributed by atoms with Gasteiger partial charge >= 0.3 is 0 Å². The van der Waals surface area contributed by atoms with Gasteiger partial charge in [0.15, 0.2) is 0 Å². The lowest BCUT2D eigenvalue weighted by atomic mass is 10.0. The number of nitrogens with one attached hydrogen (secondary N) is 1. The molecule has 1 atom stereocenters. The molecule has 0 unspecified atom stereocenters. The van der Waals surface area contributed by atoms with Crippen molar-refractivity contribution < 1.29 is 4.79 Å². The van der Waals surface area contributed by atoms with E-state index in [1.165, 1.54) is 5.56 Å². The number of tetrazole rings is 1. The number of rotatable bonds is 7. The Kier molecular flexibility index (Phi) is 6.41. The first-order chi connectivity index (χ1) is 12.2. The summed E-state index contributed by atoms with van der Waals surface area (Å²) < 4.78 is 1.63. The highest BCUT2D eigenvalue weighted by molar-refractivity contribution is 7.99. The highest BCUT2D eigenvalue weighted by atomic mass is 32.2. The molecule has 2 aromatic rings. The molecule has 0 spiro atoms. The fourth-order valence-electron chi connectivity index (χ4n) is 3.07. The second kappa shape index (κ2) is 8.96. The lowest BCUT2D eigenvalue weighted by Crippen LogP contribution is -2.49. The van der Waals surface area contributed by atoms with Crippen LogP contribution >= 0.6 is 11.8 Å². The Labute approximate surface area is 152 Å². The Morgan fingerprint density at radius 3 is 2.92 bits per heavy atom. The molecule has 3 rings (SSSR count). The Morgan fingerprint density at radius 2 is 2.16 bits per heavy atom. The minimum absolute atomic E-state index is 0.0320. The maximum absolute atomic E-state index is 12.6. The van der Waals surface area contributed by atoms with Gasteiger partial charge in [-0.1, -0.05) is 48.5 Å². The monoisotopic (exact) mass is 360 g/mol. The summed E-state index contributed by atoms with van der Waals surface area (Å²) in [5.74, 6) is 0.887. The molecule has 1 amide bonds. The number of nitrogens with zero attached hydrogens (tertiary/aromatic N) is 5. The quantitative estimate of drug-likeness (QED) is 0.595. The molecule has 1 N–H and O–H groups in total. The zero-order chi connectivity index (χ0) is 17.5. The molecule has 1 aromatic carbocycles. The number of likely N-dealkylation sites (tertiary alicyclic amines) is 1. The van der Waals surface area contributed by atoms with Crippen molar-refractivity contribution in [3.05, 3.63) is 35.9 Å². The molecule has 1 fully saturated rings. The standard InChI is InChI=1S/C17H24N6OS/c1-22-17(19-20-21-22)25-12-10-18-16(24)15-9-5-6-11-23(15)13-14-7-3-2-4-8-14/h2-4,7-8,15H,5-6,9-13H2,1H3,(H,18,24)/t15-/m1/s1. The summed E-state index contributed by atoms with van der Waals surface area (Å²) in [5, 5.41) is 15.2. The van der Waals surface area contributed by atoms with E-state index in [-0.39, 0.29) is 11.9 Å². The number of hydrogen-bond acceptors (Lipinski definition) is 6. The third-order valence-electron chi connectivity index (χ3n) is 4.36. The van der Waals surface area contributed by atoms with Crippen LogP contribution in [-0.4, -0.2) is 55.9 Å². The normalized spacial score (nSPS) is 18.2. The van der Waals surface area contributed by atoms with Gasteiger partial charge in [-0.25, -0.2) is 4.68 Å². The van der Waals surface area contributed by atoms with Crippen LogP contribution in [0.2, 0.25) is 0 Å². The summed E-state index contributed by atoms with van der Waals surface area (Å²) in [7, 11) is 1.81. The van der Waals surface area contributed by atoms with Gasteiger partial charge in [0, 0.05) is 25.9 Å². The summed E-state index contributed by atoms with van der Waals surface area (Å²) in [6.45, 7) is 2.43. The van der Waals surface area contributed by atoms with Gasteiger partial charge < -0.3 is 5.32 Å². The molecule has 1 saturated heterocycles. The molecular weight excluding hydrogens is 336 g/mol. The maximum Gasteiger partial charge on any atom is 0.237 e. The molecule has 0 aliphatic carbocycles. The minimum atomic E-state index is -0.0320. The van der Waals surface area contributed by atoms with Crippen molar-refractivity contribution in [1.82, 2.24) is 30.4 Å². The second-order valence-electron chi connectivity index (χ2n) is 6.19. The lowest BCUT2D eigenvalue weighted by Gasteiger charge is -2.34. The fourth-order valence-corrected chi connectivity index (χ4v) is 3.78. The third kappa shape index (κ3) is 5.02. The molecular formula is C17H24N6OS. The first-order valence-corrected chi connectivity index (χ1v) is 9.63. The predicted octanol–water partition coefficient (Wildman–Crippen LogP) is 1.47. The molecule has 1 aliphatic heterocycles. The van der Waals surface area contributed by atoms with Crippen LogP contribution in [0.3, 0.4) is 0 Å². The van der Waals surface area contributed by atoms with Crippen LogP contribution in [0.5, 0.6) is 0 Å². The van der Waals surface area contributed by atoms with Crippen LogP contribution in [0.1, 0.15) is 24.8 Å². The molecule has 8 heteroatoms. The molecule has 1 aromatic heterocycles. The van der Waals surface area contributed by atoms with E-state index in [2.05, 4.69) is 37.9 Å². The first kappa shape index (κ1) is 17.9. The Morgan fingerprint density at radius 1 is 1.32 bits per heavy atom. The van der Waals surface area contributed by atoms with Crippen LogP contribution in [0, 0.1) is 0 Å². The smallest absolute Gasteiger partial charge is 0.237 e. The van der Waals surface area contributed by atoms with Crippen molar-refractivity contribution in [3.63, 3.8) is 0 Å². The Bertz CT molecular complexity index is 677. The summed E-state index contributed by atoms with van der Waals surface area (Å²) in [6, 6.07) is 10.3. The number of amides is 1. The average molecular weight is 360 g/mol. The van der Waals surface area contributed by atoms with Crippen molar-refractivity contribution >= 4 is 17.7 Å².